The number of carbonyl (C=O) groups is 1. The summed E-state index contributed by atoms with van der Waals surface area (Å²) in [5.74, 6) is -1.52. The zero-order valence-electron chi connectivity index (χ0n) is 17.5. The summed E-state index contributed by atoms with van der Waals surface area (Å²) in [5.41, 5.74) is 4.39. The standard InChI is InChI=1S/C25H19ClFN3O3/c1-2-19(20-9-10-30(33)14-21(20)26)24(16-6-3-15(4-7-16)5-8-23(31)32)17-11-18-13-28-29-25(18)22(27)12-17/h3-14,33H,2H2,1H3,(H,31,32). The molecule has 0 amide bonds. The van der Waals surface area contributed by atoms with Crippen LogP contribution in [0.2, 0.25) is 0 Å². The second-order valence-corrected chi connectivity index (χ2v) is 7.73. The number of fused-ring (bicyclic) bond motifs is 1. The van der Waals surface area contributed by atoms with Gasteiger partial charge < -0.3 is 5.11 Å². The average Bonchev–Trinajstić information content (AvgIpc) is 3.26. The van der Waals surface area contributed by atoms with Gasteiger partial charge in [0, 0.05) is 23.4 Å². The summed E-state index contributed by atoms with van der Waals surface area (Å²) in [5, 5.41) is 28.3. The van der Waals surface area contributed by atoms with Crippen molar-refractivity contribution in [1.29, 1.82) is 0 Å². The van der Waals surface area contributed by atoms with Gasteiger partial charge >= 0.3 is 5.97 Å². The molecule has 33 heavy (non-hydrogen) atoms. The van der Waals surface area contributed by atoms with Gasteiger partial charge in [0.15, 0.2) is 5.82 Å². The lowest BCUT2D eigenvalue weighted by atomic mass is 9.88. The summed E-state index contributed by atoms with van der Waals surface area (Å²) in [7, 11) is 0. The molecule has 2 aliphatic rings. The number of allylic oxidation sites excluding steroid dienone is 4. The van der Waals surface area contributed by atoms with Gasteiger partial charge in [-0.3, -0.25) is 5.21 Å². The third-order valence-electron chi connectivity index (χ3n) is 5.23. The Kier molecular flexibility index (Phi) is 6.35. The molecule has 2 aromatic carbocycles. The number of hydroxylamine groups is 2. The van der Waals surface area contributed by atoms with Gasteiger partial charge in [-0.2, -0.15) is 5.10 Å². The number of hydrogen-bond donors (Lipinski definition) is 2. The normalized spacial score (nSPS) is 17.1. The van der Waals surface area contributed by atoms with E-state index in [1.165, 1.54) is 30.8 Å². The molecule has 0 saturated carbocycles. The Labute approximate surface area is 193 Å². The molecule has 0 fully saturated rings. The number of carboxylic acids is 1. The van der Waals surface area contributed by atoms with Crippen molar-refractivity contribution in [2.24, 2.45) is 10.2 Å². The lowest BCUT2D eigenvalue weighted by Crippen LogP contribution is -2.20. The molecule has 0 unspecified atom stereocenters. The number of nitrogens with zero attached hydrogens (tertiary/aromatic N) is 3. The van der Waals surface area contributed by atoms with Crippen LogP contribution in [0.25, 0.3) is 11.6 Å². The van der Waals surface area contributed by atoms with Gasteiger partial charge in [-0.05, 0) is 58.2 Å². The molecule has 0 atom stereocenters. The van der Waals surface area contributed by atoms with Crippen LogP contribution in [0.15, 0.2) is 87.3 Å². The number of aliphatic carboxylic acids is 1. The number of halogens is 2. The Bertz CT molecular complexity index is 1400. The molecule has 0 aromatic heterocycles. The van der Waals surface area contributed by atoms with Crippen molar-refractivity contribution in [3.63, 3.8) is 0 Å². The highest BCUT2D eigenvalue weighted by atomic mass is 35.5. The van der Waals surface area contributed by atoms with E-state index in [0.29, 0.717) is 33.4 Å². The molecular formula is C25H19ClFN3O3. The van der Waals surface area contributed by atoms with Crippen LogP contribution in [0.1, 0.15) is 30.0 Å². The first-order valence-corrected chi connectivity index (χ1v) is 10.5. The molecule has 166 valence electrons. The van der Waals surface area contributed by atoms with Crippen LogP contribution in [0, 0.1) is 5.82 Å². The van der Waals surface area contributed by atoms with Crippen molar-refractivity contribution in [2.45, 2.75) is 13.3 Å². The van der Waals surface area contributed by atoms with Crippen molar-refractivity contribution in [2.75, 3.05) is 0 Å². The molecule has 2 heterocycles. The first-order valence-electron chi connectivity index (χ1n) is 10.1. The Morgan fingerprint density at radius 1 is 1.24 bits per heavy atom. The second kappa shape index (κ2) is 9.36. The van der Waals surface area contributed by atoms with Crippen molar-refractivity contribution >= 4 is 35.4 Å². The lowest BCUT2D eigenvalue weighted by molar-refractivity contribution is -0.131. The first kappa shape index (κ1) is 22.4. The molecular weight excluding hydrogens is 445 g/mol. The monoisotopic (exact) mass is 463 g/mol. The maximum absolute atomic E-state index is 14.8. The Balaban J connectivity index is 1.99. The highest BCUT2D eigenvalue weighted by molar-refractivity contribution is 6.32. The predicted octanol–water partition coefficient (Wildman–Crippen LogP) is 4.09. The molecule has 2 aliphatic heterocycles. The van der Waals surface area contributed by atoms with Gasteiger partial charge in [0.1, 0.15) is 5.36 Å². The molecule has 2 N–H and O–H groups in total. The van der Waals surface area contributed by atoms with E-state index in [0.717, 1.165) is 27.8 Å². The molecule has 0 saturated heterocycles. The zero-order valence-corrected chi connectivity index (χ0v) is 18.3. The minimum atomic E-state index is -1.03. The van der Waals surface area contributed by atoms with Crippen molar-refractivity contribution in [3.05, 3.63) is 110 Å². The molecule has 4 rings (SSSR count). The average molecular weight is 464 g/mol. The van der Waals surface area contributed by atoms with E-state index >= 15 is 0 Å². The van der Waals surface area contributed by atoms with Gasteiger partial charge in [0.05, 0.1) is 17.4 Å². The quantitative estimate of drug-likeness (QED) is 0.654. The third kappa shape index (κ3) is 4.69. The van der Waals surface area contributed by atoms with Crippen LogP contribution in [0.5, 0.6) is 0 Å². The Morgan fingerprint density at radius 3 is 2.67 bits per heavy atom. The third-order valence-corrected chi connectivity index (χ3v) is 5.53. The maximum Gasteiger partial charge on any atom is 0.328 e. The van der Waals surface area contributed by atoms with E-state index < -0.39 is 11.8 Å². The van der Waals surface area contributed by atoms with Crippen LogP contribution >= 0.6 is 11.6 Å². The van der Waals surface area contributed by atoms with Gasteiger partial charge in [-0.25, -0.2) is 14.2 Å². The fraction of sp³-hybridized carbons (Fsp3) is 0.0800. The second-order valence-electron chi connectivity index (χ2n) is 7.33. The SMILES string of the molecule is CCC(=C1C=CN(O)C=C1Cl)C(c1ccc(C=CC(=O)O)cc1)=c1cc(F)c2c(c1)C=NN=2. The lowest BCUT2D eigenvalue weighted by Gasteiger charge is -2.20. The summed E-state index contributed by atoms with van der Waals surface area (Å²) in [6, 6.07) is 10.5. The number of rotatable bonds is 5. The smallest absolute Gasteiger partial charge is 0.328 e. The summed E-state index contributed by atoms with van der Waals surface area (Å²) in [6.07, 6.45) is 9.21. The van der Waals surface area contributed by atoms with E-state index in [4.69, 9.17) is 16.7 Å². The van der Waals surface area contributed by atoms with Gasteiger partial charge in [0.2, 0.25) is 0 Å². The van der Waals surface area contributed by atoms with Crippen LogP contribution in [-0.4, -0.2) is 27.6 Å². The summed E-state index contributed by atoms with van der Waals surface area (Å²) >= 11 is 6.45. The number of benzene rings is 2. The van der Waals surface area contributed by atoms with Crippen molar-refractivity contribution < 1.29 is 19.5 Å². The summed E-state index contributed by atoms with van der Waals surface area (Å²) < 4.78 is 14.8. The highest BCUT2D eigenvalue weighted by Crippen LogP contribution is 2.33. The van der Waals surface area contributed by atoms with Gasteiger partial charge in [-0.1, -0.05) is 42.8 Å². The van der Waals surface area contributed by atoms with E-state index in [2.05, 4.69) is 10.2 Å². The predicted molar refractivity (Wildman–Crippen MR) is 124 cm³/mol. The Hall–Kier alpha value is -3.81. The van der Waals surface area contributed by atoms with E-state index in [9.17, 15) is 14.4 Å². The van der Waals surface area contributed by atoms with Gasteiger partial charge in [0.25, 0.3) is 0 Å². The van der Waals surface area contributed by atoms with Crippen LogP contribution in [-0.2, 0) is 4.79 Å². The number of carboxylic acid groups (broad SMARTS) is 1. The van der Waals surface area contributed by atoms with E-state index in [-0.39, 0.29) is 5.36 Å². The fourth-order valence-electron chi connectivity index (χ4n) is 3.77. The molecule has 2 aromatic rings. The van der Waals surface area contributed by atoms with Crippen LogP contribution in [0.4, 0.5) is 4.39 Å². The topological polar surface area (TPSA) is 85.5 Å². The molecule has 0 aliphatic carbocycles. The molecule has 6 nitrogen and oxygen atoms in total. The molecule has 0 bridgehead atoms. The van der Waals surface area contributed by atoms with Crippen molar-refractivity contribution in [1.82, 2.24) is 5.06 Å². The van der Waals surface area contributed by atoms with Crippen LogP contribution in [0.3, 0.4) is 0 Å². The highest BCUT2D eigenvalue weighted by Gasteiger charge is 2.18. The summed E-state index contributed by atoms with van der Waals surface area (Å²) in [6.45, 7) is 1.97. The van der Waals surface area contributed by atoms with Crippen LogP contribution < -0.4 is 10.6 Å². The van der Waals surface area contributed by atoms with Gasteiger partial charge in [-0.15, -0.1) is 5.10 Å². The minimum absolute atomic E-state index is 0.198. The molecule has 0 radical (unpaired) electrons. The first-order chi connectivity index (χ1) is 15.9. The van der Waals surface area contributed by atoms with E-state index in [1.54, 1.807) is 18.2 Å². The maximum atomic E-state index is 14.8. The van der Waals surface area contributed by atoms with Crippen molar-refractivity contribution in [3.8, 4) is 0 Å². The zero-order chi connectivity index (χ0) is 23.5. The largest absolute Gasteiger partial charge is 0.478 e. The molecule has 0 spiro atoms. The van der Waals surface area contributed by atoms with E-state index in [1.807, 2.05) is 25.1 Å². The fourth-order valence-corrected chi connectivity index (χ4v) is 4.04. The minimum Gasteiger partial charge on any atom is -0.478 e. The Morgan fingerprint density at radius 2 is 2.00 bits per heavy atom. The molecule has 8 heteroatoms. The number of hydrogen-bond acceptors (Lipinski definition) is 5. The summed E-state index contributed by atoms with van der Waals surface area (Å²) in [4.78, 5) is 10.8.